The largest absolute Gasteiger partial charge is 0.397 e. The van der Waals surface area contributed by atoms with Crippen LogP contribution in [0, 0.1) is 6.92 Å². The van der Waals surface area contributed by atoms with Gasteiger partial charge in [-0.25, -0.2) is 0 Å². The molecule has 0 fully saturated rings. The van der Waals surface area contributed by atoms with Gasteiger partial charge in [0.15, 0.2) is 0 Å². The van der Waals surface area contributed by atoms with Gasteiger partial charge < -0.3 is 16.4 Å². The highest BCUT2D eigenvalue weighted by atomic mass is 16.1. The van der Waals surface area contributed by atoms with Crippen LogP contribution in [0.5, 0.6) is 0 Å². The Hall–Kier alpha value is -1.71. The number of benzene rings is 1. The number of primary amides is 1. The molecule has 1 aromatic rings. The molecule has 0 atom stereocenters. The smallest absolute Gasteiger partial charge is 0.236 e. The highest BCUT2D eigenvalue weighted by Crippen LogP contribution is 2.24. The summed E-state index contributed by atoms with van der Waals surface area (Å²) in [5.41, 5.74) is 13.5. The van der Waals surface area contributed by atoms with E-state index in [0.29, 0.717) is 5.69 Å². The summed E-state index contributed by atoms with van der Waals surface area (Å²) in [4.78, 5) is 12.5. The van der Waals surface area contributed by atoms with Gasteiger partial charge in [0.25, 0.3) is 0 Å². The van der Waals surface area contributed by atoms with Gasteiger partial charge in [-0.3, -0.25) is 4.79 Å². The molecule has 76 valence electrons. The second kappa shape index (κ2) is 4.00. The molecule has 14 heavy (non-hydrogen) atoms. The van der Waals surface area contributed by atoms with Gasteiger partial charge in [0.1, 0.15) is 0 Å². The highest BCUT2D eigenvalue weighted by molar-refractivity contribution is 5.82. The lowest BCUT2D eigenvalue weighted by Gasteiger charge is -2.20. The maximum atomic E-state index is 10.7. The van der Waals surface area contributed by atoms with Crippen LogP contribution in [0.25, 0.3) is 0 Å². The number of anilines is 2. The Labute approximate surface area is 83.5 Å². The van der Waals surface area contributed by atoms with Crippen LogP contribution >= 0.6 is 0 Å². The zero-order chi connectivity index (χ0) is 10.7. The summed E-state index contributed by atoms with van der Waals surface area (Å²) in [6.45, 7) is 2.10. The Morgan fingerprint density at radius 2 is 2.14 bits per heavy atom. The predicted octanol–water partition coefficient (Wildman–Crippen LogP) is 0.499. The van der Waals surface area contributed by atoms with Gasteiger partial charge in [-0.2, -0.15) is 0 Å². The first-order valence-electron chi connectivity index (χ1n) is 4.37. The normalized spacial score (nSPS) is 9.86. The molecule has 1 rings (SSSR count). The monoisotopic (exact) mass is 193 g/mol. The molecule has 4 heteroatoms. The standard InChI is InChI=1S/C10H15N3O/c1-7-4-3-5-8(10(7)12)13(2)6-9(11)14/h3-5H,6,12H2,1-2H3,(H2,11,14). The Balaban J connectivity index is 2.95. The number of carbonyl (C=O) groups excluding carboxylic acids is 1. The van der Waals surface area contributed by atoms with Crippen LogP contribution in [0.15, 0.2) is 18.2 Å². The minimum atomic E-state index is -0.367. The number of likely N-dealkylation sites (N-methyl/N-ethyl adjacent to an activating group) is 1. The number of hydrogen-bond donors (Lipinski definition) is 2. The van der Waals surface area contributed by atoms with Crippen molar-refractivity contribution in [3.05, 3.63) is 23.8 Å². The number of aryl methyl sites for hydroxylation is 1. The second-order valence-corrected chi connectivity index (χ2v) is 3.33. The van der Waals surface area contributed by atoms with E-state index in [-0.39, 0.29) is 12.5 Å². The van der Waals surface area contributed by atoms with E-state index in [9.17, 15) is 4.79 Å². The first-order valence-corrected chi connectivity index (χ1v) is 4.37. The van der Waals surface area contributed by atoms with Crippen molar-refractivity contribution in [2.45, 2.75) is 6.92 Å². The van der Waals surface area contributed by atoms with Crippen molar-refractivity contribution in [2.75, 3.05) is 24.2 Å². The SMILES string of the molecule is Cc1cccc(N(C)CC(N)=O)c1N. The van der Waals surface area contributed by atoms with Crippen molar-refractivity contribution in [3.8, 4) is 0 Å². The number of hydrogen-bond acceptors (Lipinski definition) is 3. The summed E-state index contributed by atoms with van der Waals surface area (Å²) >= 11 is 0. The van der Waals surface area contributed by atoms with Gasteiger partial charge in [-0.15, -0.1) is 0 Å². The van der Waals surface area contributed by atoms with E-state index in [1.54, 1.807) is 11.9 Å². The molecule has 1 amide bonds. The molecule has 0 heterocycles. The van der Waals surface area contributed by atoms with E-state index >= 15 is 0 Å². The quantitative estimate of drug-likeness (QED) is 0.686. The Morgan fingerprint density at radius 3 is 2.71 bits per heavy atom. The third-order valence-corrected chi connectivity index (χ3v) is 2.11. The number of rotatable bonds is 3. The van der Waals surface area contributed by atoms with E-state index in [2.05, 4.69) is 0 Å². The first kappa shape index (κ1) is 10.4. The molecule has 1 aromatic carbocycles. The van der Waals surface area contributed by atoms with E-state index in [4.69, 9.17) is 11.5 Å². The van der Waals surface area contributed by atoms with Crippen molar-refractivity contribution < 1.29 is 4.79 Å². The summed E-state index contributed by atoms with van der Waals surface area (Å²) in [6, 6.07) is 5.70. The fraction of sp³-hybridized carbons (Fsp3) is 0.300. The van der Waals surface area contributed by atoms with Crippen molar-refractivity contribution in [1.82, 2.24) is 0 Å². The van der Waals surface area contributed by atoms with Crippen LogP contribution < -0.4 is 16.4 Å². The van der Waals surface area contributed by atoms with Crippen LogP contribution in [0.3, 0.4) is 0 Å². The average Bonchev–Trinajstić information content (AvgIpc) is 2.08. The topological polar surface area (TPSA) is 72.3 Å². The summed E-state index contributed by atoms with van der Waals surface area (Å²) in [5.74, 6) is -0.367. The molecule has 0 unspecified atom stereocenters. The molecular weight excluding hydrogens is 178 g/mol. The van der Waals surface area contributed by atoms with Crippen LogP contribution in [0.1, 0.15) is 5.56 Å². The van der Waals surface area contributed by atoms with Gasteiger partial charge in [0, 0.05) is 7.05 Å². The predicted molar refractivity (Wildman–Crippen MR) is 58.1 cm³/mol. The molecule has 0 saturated heterocycles. The van der Waals surface area contributed by atoms with Crippen molar-refractivity contribution in [2.24, 2.45) is 5.73 Å². The molecule has 4 N–H and O–H groups in total. The highest BCUT2D eigenvalue weighted by Gasteiger charge is 2.08. The van der Waals surface area contributed by atoms with Crippen molar-refractivity contribution in [3.63, 3.8) is 0 Å². The molecule has 0 bridgehead atoms. The third-order valence-electron chi connectivity index (χ3n) is 2.11. The molecule has 0 aliphatic carbocycles. The number of carbonyl (C=O) groups is 1. The maximum absolute atomic E-state index is 10.7. The number of nitrogens with zero attached hydrogens (tertiary/aromatic N) is 1. The van der Waals surface area contributed by atoms with E-state index in [0.717, 1.165) is 11.3 Å². The first-order chi connectivity index (χ1) is 6.52. The number of para-hydroxylation sites is 1. The van der Waals surface area contributed by atoms with E-state index in [1.165, 1.54) is 0 Å². The molecule has 0 aliphatic rings. The lowest BCUT2D eigenvalue weighted by atomic mass is 10.1. The Morgan fingerprint density at radius 1 is 1.50 bits per heavy atom. The molecule has 0 spiro atoms. The Bertz CT molecular complexity index is 349. The van der Waals surface area contributed by atoms with Crippen molar-refractivity contribution in [1.29, 1.82) is 0 Å². The third kappa shape index (κ3) is 2.16. The number of nitrogen functional groups attached to an aromatic ring is 1. The van der Waals surface area contributed by atoms with Crippen LogP contribution in [-0.2, 0) is 4.79 Å². The van der Waals surface area contributed by atoms with E-state index < -0.39 is 0 Å². The summed E-state index contributed by atoms with van der Waals surface area (Å²) in [6.07, 6.45) is 0. The number of nitrogens with two attached hydrogens (primary N) is 2. The minimum Gasteiger partial charge on any atom is -0.397 e. The van der Waals surface area contributed by atoms with Crippen LogP contribution in [0.4, 0.5) is 11.4 Å². The molecule has 4 nitrogen and oxygen atoms in total. The lowest BCUT2D eigenvalue weighted by Crippen LogP contribution is -2.31. The summed E-state index contributed by atoms with van der Waals surface area (Å²) in [5, 5.41) is 0. The molecular formula is C10H15N3O. The fourth-order valence-electron chi connectivity index (χ4n) is 1.32. The second-order valence-electron chi connectivity index (χ2n) is 3.33. The van der Waals surface area contributed by atoms with Gasteiger partial charge >= 0.3 is 0 Å². The lowest BCUT2D eigenvalue weighted by molar-refractivity contribution is -0.116. The van der Waals surface area contributed by atoms with E-state index in [1.807, 2.05) is 25.1 Å². The molecule has 0 aromatic heterocycles. The van der Waals surface area contributed by atoms with Crippen LogP contribution in [0.2, 0.25) is 0 Å². The maximum Gasteiger partial charge on any atom is 0.236 e. The van der Waals surface area contributed by atoms with Gasteiger partial charge in [-0.1, -0.05) is 12.1 Å². The van der Waals surface area contributed by atoms with Gasteiger partial charge in [0.2, 0.25) is 5.91 Å². The van der Waals surface area contributed by atoms with Gasteiger partial charge in [0.05, 0.1) is 17.9 Å². The fourth-order valence-corrected chi connectivity index (χ4v) is 1.32. The van der Waals surface area contributed by atoms with Gasteiger partial charge in [-0.05, 0) is 18.6 Å². The summed E-state index contributed by atoms with van der Waals surface area (Å²) in [7, 11) is 1.79. The molecule has 0 radical (unpaired) electrons. The summed E-state index contributed by atoms with van der Waals surface area (Å²) < 4.78 is 0. The van der Waals surface area contributed by atoms with Crippen LogP contribution in [-0.4, -0.2) is 19.5 Å². The average molecular weight is 193 g/mol. The van der Waals surface area contributed by atoms with Crippen molar-refractivity contribution >= 4 is 17.3 Å². The Kier molecular flexibility index (Phi) is 2.96. The zero-order valence-electron chi connectivity index (χ0n) is 8.45. The zero-order valence-corrected chi connectivity index (χ0v) is 8.45. The number of amides is 1. The molecule has 0 aliphatic heterocycles. The molecule has 0 saturated carbocycles. The minimum absolute atomic E-state index is 0.174.